The minimum atomic E-state index is -0.453. The van der Waals surface area contributed by atoms with E-state index in [0.717, 1.165) is 3.57 Å². The number of carbonyl (C=O) groups is 2. The number of para-hydroxylation sites is 1. The second kappa shape index (κ2) is 10.00. The molecule has 0 spiro atoms. The maximum Gasteiger partial charge on any atom is 0.273 e. The molecule has 2 aromatic rings. The molecule has 0 saturated carbocycles. The van der Waals surface area contributed by atoms with E-state index in [2.05, 4.69) is 33.4 Å². The molecule has 0 aliphatic carbocycles. The minimum Gasteiger partial charge on any atom is -0.490 e. The predicted octanol–water partition coefficient (Wildman–Crippen LogP) is 2.78. The first-order valence-electron chi connectivity index (χ1n) is 7.78. The number of hydrogen-bond acceptors (Lipinski definition) is 4. The summed E-state index contributed by atoms with van der Waals surface area (Å²) in [7, 11) is 0. The Bertz CT molecular complexity index is 737. The van der Waals surface area contributed by atoms with E-state index in [-0.39, 0.29) is 5.91 Å². The molecule has 7 heteroatoms. The van der Waals surface area contributed by atoms with E-state index in [9.17, 15) is 9.59 Å². The van der Waals surface area contributed by atoms with Gasteiger partial charge in [0, 0.05) is 10.2 Å². The lowest BCUT2D eigenvalue weighted by atomic mass is 10.2. The first kappa shape index (κ1) is 19.2. The number of ether oxygens (including phenoxy) is 2. The summed E-state index contributed by atoms with van der Waals surface area (Å²) in [4.78, 5) is 24.5. The van der Waals surface area contributed by atoms with Gasteiger partial charge in [-0.1, -0.05) is 24.3 Å². The molecular weight excluding hydrogens is 435 g/mol. The van der Waals surface area contributed by atoms with E-state index in [1.54, 1.807) is 36.4 Å². The van der Waals surface area contributed by atoms with Crippen molar-refractivity contribution in [3.8, 4) is 5.75 Å². The van der Waals surface area contributed by atoms with Gasteiger partial charge in [-0.3, -0.25) is 20.4 Å². The van der Waals surface area contributed by atoms with Gasteiger partial charge in [0.15, 0.2) is 0 Å². The lowest BCUT2D eigenvalue weighted by molar-refractivity contribution is 0.0839. The van der Waals surface area contributed by atoms with Gasteiger partial charge in [0.2, 0.25) is 0 Å². The maximum atomic E-state index is 12.3. The zero-order chi connectivity index (χ0) is 18.1. The molecule has 2 aromatic carbocycles. The van der Waals surface area contributed by atoms with Crippen LogP contribution in [-0.2, 0) is 4.74 Å². The van der Waals surface area contributed by atoms with Gasteiger partial charge in [0.05, 0.1) is 17.7 Å². The minimum absolute atomic E-state index is 0.335. The first-order valence-corrected chi connectivity index (χ1v) is 8.86. The van der Waals surface area contributed by atoms with Crippen molar-refractivity contribution in [2.45, 2.75) is 6.92 Å². The van der Waals surface area contributed by atoms with Gasteiger partial charge >= 0.3 is 0 Å². The predicted molar refractivity (Wildman–Crippen MR) is 103 cm³/mol. The van der Waals surface area contributed by atoms with Crippen molar-refractivity contribution < 1.29 is 19.1 Å². The van der Waals surface area contributed by atoms with Crippen molar-refractivity contribution in [1.29, 1.82) is 0 Å². The number of hydrogen-bond donors (Lipinski definition) is 2. The van der Waals surface area contributed by atoms with Gasteiger partial charge in [-0.2, -0.15) is 0 Å². The van der Waals surface area contributed by atoms with E-state index >= 15 is 0 Å². The molecule has 132 valence electrons. The first-order chi connectivity index (χ1) is 12.1. The Balaban J connectivity index is 1.96. The average Bonchev–Trinajstić information content (AvgIpc) is 2.64. The Hall–Kier alpha value is -2.13. The number of amides is 2. The molecule has 6 nitrogen and oxygen atoms in total. The molecule has 0 unspecified atom stereocenters. The van der Waals surface area contributed by atoms with Crippen molar-refractivity contribution >= 4 is 34.4 Å². The third kappa shape index (κ3) is 5.71. The number of halogens is 1. The van der Waals surface area contributed by atoms with Crippen LogP contribution in [0.5, 0.6) is 5.75 Å². The smallest absolute Gasteiger partial charge is 0.273 e. The summed E-state index contributed by atoms with van der Waals surface area (Å²) in [6.45, 7) is 3.29. The average molecular weight is 454 g/mol. The Kier molecular flexibility index (Phi) is 7.68. The van der Waals surface area contributed by atoms with E-state index in [4.69, 9.17) is 9.47 Å². The quantitative estimate of drug-likeness (QED) is 0.384. The third-order valence-corrected chi connectivity index (χ3v) is 4.17. The fourth-order valence-electron chi connectivity index (χ4n) is 2.03. The van der Waals surface area contributed by atoms with Crippen LogP contribution in [0.3, 0.4) is 0 Å². The zero-order valence-corrected chi connectivity index (χ0v) is 15.9. The van der Waals surface area contributed by atoms with Gasteiger partial charge in [-0.15, -0.1) is 0 Å². The maximum absolute atomic E-state index is 12.3. The van der Waals surface area contributed by atoms with E-state index in [1.165, 1.54) is 0 Å². The van der Waals surface area contributed by atoms with Gasteiger partial charge in [0.25, 0.3) is 11.8 Å². The summed E-state index contributed by atoms with van der Waals surface area (Å²) in [5.41, 5.74) is 5.66. The highest BCUT2D eigenvalue weighted by Gasteiger charge is 2.14. The van der Waals surface area contributed by atoms with Crippen molar-refractivity contribution in [3.05, 3.63) is 63.2 Å². The Labute approximate surface area is 160 Å². The Morgan fingerprint density at radius 3 is 2.20 bits per heavy atom. The SMILES string of the molecule is CCOCCOc1ccccc1C(=O)NNC(=O)c1ccccc1I. The lowest BCUT2D eigenvalue weighted by Crippen LogP contribution is -2.42. The van der Waals surface area contributed by atoms with Crippen molar-refractivity contribution in [1.82, 2.24) is 10.9 Å². The standard InChI is InChI=1S/C18H19IN2O4/c1-2-24-11-12-25-16-10-6-4-8-14(16)18(23)21-20-17(22)13-7-3-5-9-15(13)19/h3-10H,2,11-12H2,1H3,(H,20,22)(H,21,23). The van der Waals surface area contributed by atoms with E-state index in [0.29, 0.717) is 36.7 Å². The van der Waals surface area contributed by atoms with Crippen molar-refractivity contribution in [3.63, 3.8) is 0 Å². The van der Waals surface area contributed by atoms with Crippen molar-refractivity contribution in [2.24, 2.45) is 0 Å². The normalized spacial score (nSPS) is 10.2. The molecule has 0 aliphatic rings. The molecule has 0 radical (unpaired) electrons. The monoisotopic (exact) mass is 454 g/mol. The van der Waals surface area contributed by atoms with Gasteiger partial charge in [0.1, 0.15) is 12.4 Å². The second-order valence-electron chi connectivity index (χ2n) is 4.93. The van der Waals surface area contributed by atoms with Gasteiger partial charge in [-0.05, 0) is 53.8 Å². The molecule has 0 saturated heterocycles. The number of carbonyl (C=O) groups excluding carboxylic acids is 2. The Morgan fingerprint density at radius 2 is 1.52 bits per heavy atom. The van der Waals surface area contributed by atoms with Gasteiger partial charge in [-0.25, -0.2) is 0 Å². The van der Waals surface area contributed by atoms with Crippen LogP contribution < -0.4 is 15.6 Å². The van der Waals surface area contributed by atoms with Crippen LogP contribution in [0.2, 0.25) is 0 Å². The number of hydrazine groups is 1. The zero-order valence-electron chi connectivity index (χ0n) is 13.8. The molecule has 0 aliphatic heterocycles. The highest BCUT2D eigenvalue weighted by atomic mass is 127. The summed E-state index contributed by atoms with van der Waals surface area (Å²) < 4.78 is 11.6. The second-order valence-corrected chi connectivity index (χ2v) is 6.09. The summed E-state index contributed by atoms with van der Waals surface area (Å²) in [6.07, 6.45) is 0. The van der Waals surface area contributed by atoms with Crippen LogP contribution >= 0.6 is 22.6 Å². The molecule has 2 N–H and O–H groups in total. The molecule has 0 heterocycles. The highest BCUT2D eigenvalue weighted by Crippen LogP contribution is 2.17. The molecule has 0 bridgehead atoms. The van der Waals surface area contributed by atoms with Crippen LogP contribution in [0.15, 0.2) is 48.5 Å². The van der Waals surface area contributed by atoms with Crippen LogP contribution in [0.4, 0.5) is 0 Å². The van der Waals surface area contributed by atoms with Crippen LogP contribution in [0, 0.1) is 3.57 Å². The highest BCUT2D eigenvalue weighted by molar-refractivity contribution is 14.1. The molecule has 0 aromatic heterocycles. The lowest BCUT2D eigenvalue weighted by Gasteiger charge is -2.12. The summed E-state index contributed by atoms with van der Waals surface area (Å²) in [5.74, 6) is -0.400. The van der Waals surface area contributed by atoms with E-state index in [1.807, 2.05) is 19.1 Å². The third-order valence-electron chi connectivity index (χ3n) is 3.23. The number of rotatable bonds is 7. The Morgan fingerprint density at radius 1 is 0.920 bits per heavy atom. The molecule has 2 amide bonds. The molecule has 25 heavy (non-hydrogen) atoms. The molecular formula is C18H19IN2O4. The van der Waals surface area contributed by atoms with E-state index < -0.39 is 5.91 Å². The topological polar surface area (TPSA) is 76.7 Å². The summed E-state index contributed by atoms with van der Waals surface area (Å²) >= 11 is 2.07. The number of benzene rings is 2. The van der Waals surface area contributed by atoms with Crippen LogP contribution in [0.25, 0.3) is 0 Å². The summed E-state index contributed by atoms with van der Waals surface area (Å²) in [6, 6.07) is 13.9. The fourth-order valence-corrected chi connectivity index (χ4v) is 2.66. The molecule has 0 fully saturated rings. The fraction of sp³-hybridized carbons (Fsp3) is 0.222. The summed E-state index contributed by atoms with van der Waals surface area (Å²) in [5, 5.41) is 0. The van der Waals surface area contributed by atoms with Crippen LogP contribution in [-0.4, -0.2) is 31.6 Å². The van der Waals surface area contributed by atoms with Gasteiger partial charge < -0.3 is 9.47 Å². The largest absolute Gasteiger partial charge is 0.490 e. The van der Waals surface area contributed by atoms with Crippen LogP contribution in [0.1, 0.15) is 27.6 Å². The van der Waals surface area contributed by atoms with Crippen molar-refractivity contribution in [2.75, 3.05) is 19.8 Å². The molecule has 2 rings (SSSR count). The number of nitrogens with one attached hydrogen (secondary N) is 2. The molecule has 0 atom stereocenters.